The number of aromatic carboxylic acids is 1. The van der Waals surface area contributed by atoms with Gasteiger partial charge >= 0.3 is 5.97 Å². The third-order valence-corrected chi connectivity index (χ3v) is 2.99. The molecule has 2 heterocycles. The first-order valence-corrected chi connectivity index (χ1v) is 5.86. The molecule has 100 valence electrons. The average molecular weight is 282 g/mol. The topological polar surface area (TPSA) is 92.9 Å². The van der Waals surface area contributed by atoms with Crippen LogP contribution < -0.4 is 5.32 Å². The lowest BCUT2D eigenvalue weighted by Crippen LogP contribution is -2.14. The lowest BCUT2D eigenvalue weighted by atomic mass is 10.2. The maximum absolute atomic E-state index is 11.0. The third kappa shape index (κ3) is 2.65. The molecule has 2 aromatic rings. The number of anilines is 1. The summed E-state index contributed by atoms with van der Waals surface area (Å²) in [5.74, 6) is -0.0996. The molecular weight excluding hydrogens is 270 g/mol. The molecule has 0 bridgehead atoms. The fraction of sp³-hybridized carbons (Fsp3) is 0.273. The molecule has 0 aliphatic heterocycles. The van der Waals surface area contributed by atoms with Gasteiger partial charge in [-0.2, -0.15) is 0 Å². The molecule has 19 heavy (non-hydrogen) atoms. The fourth-order valence-corrected chi connectivity index (χ4v) is 1.91. The van der Waals surface area contributed by atoms with Crippen LogP contribution in [-0.2, 0) is 7.05 Å². The summed E-state index contributed by atoms with van der Waals surface area (Å²) in [4.78, 5) is 15.0. The summed E-state index contributed by atoms with van der Waals surface area (Å²) in [5.41, 5.74) is 0.00401. The summed E-state index contributed by atoms with van der Waals surface area (Å²) in [5, 5.41) is 19.8. The number of hydrogen-bond donors (Lipinski definition) is 2. The number of carboxylic acid groups (broad SMARTS) is 1. The van der Waals surface area contributed by atoms with Gasteiger partial charge in [0.05, 0.1) is 16.6 Å². The van der Waals surface area contributed by atoms with Gasteiger partial charge < -0.3 is 15.0 Å². The second-order valence-corrected chi connectivity index (χ2v) is 4.37. The zero-order chi connectivity index (χ0) is 14.0. The molecule has 0 radical (unpaired) electrons. The standard InChI is InChI=1S/C11H12ClN5O2/c1-6(10-16-14-5-17(10)2)15-9-8(12)7(11(18)19)3-4-13-9/h3-6H,1-2H3,(H,13,15)(H,18,19). The molecule has 0 amide bonds. The van der Waals surface area contributed by atoms with Crippen molar-refractivity contribution in [2.75, 3.05) is 5.32 Å². The van der Waals surface area contributed by atoms with Crippen LogP contribution in [0.2, 0.25) is 5.02 Å². The highest BCUT2D eigenvalue weighted by Crippen LogP contribution is 2.26. The van der Waals surface area contributed by atoms with Crippen molar-refractivity contribution in [2.45, 2.75) is 13.0 Å². The molecule has 1 unspecified atom stereocenters. The zero-order valence-electron chi connectivity index (χ0n) is 10.3. The SMILES string of the molecule is CC(Nc1nccc(C(=O)O)c1Cl)c1nncn1C. The molecule has 0 aliphatic carbocycles. The molecule has 0 spiro atoms. The van der Waals surface area contributed by atoms with Crippen LogP contribution in [-0.4, -0.2) is 30.8 Å². The Kier molecular flexibility index (Phi) is 3.66. The number of aromatic nitrogens is 4. The minimum atomic E-state index is -1.10. The average Bonchev–Trinajstić information content (AvgIpc) is 2.77. The van der Waals surface area contributed by atoms with Crippen molar-refractivity contribution in [1.82, 2.24) is 19.7 Å². The Labute approximate surface area is 114 Å². The first-order valence-electron chi connectivity index (χ1n) is 5.49. The van der Waals surface area contributed by atoms with Gasteiger partial charge in [0.15, 0.2) is 5.82 Å². The minimum absolute atomic E-state index is 0.00401. The van der Waals surface area contributed by atoms with E-state index >= 15 is 0 Å². The van der Waals surface area contributed by atoms with E-state index in [9.17, 15) is 4.79 Å². The number of aryl methyl sites for hydroxylation is 1. The summed E-state index contributed by atoms with van der Waals surface area (Å²) in [7, 11) is 1.82. The number of hydrogen-bond acceptors (Lipinski definition) is 5. The molecular formula is C11H12ClN5O2. The van der Waals surface area contributed by atoms with Crippen molar-refractivity contribution in [2.24, 2.45) is 7.05 Å². The summed E-state index contributed by atoms with van der Waals surface area (Å²) in [6.07, 6.45) is 2.97. The Balaban J connectivity index is 2.27. The van der Waals surface area contributed by atoms with E-state index in [0.29, 0.717) is 11.6 Å². The molecule has 0 fully saturated rings. The third-order valence-electron chi connectivity index (χ3n) is 2.61. The van der Waals surface area contributed by atoms with E-state index in [-0.39, 0.29) is 16.6 Å². The summed E-state index contributed by atoms with van der Waals surface area (Å²) in [6.45, 7) is 1.86. The fourth-order valence-electron chi connectivity index (χ4n) is 1.66. The first-order chi connectivity index (χ1) is 9.00. The summed E-state index contributed by atoms with van der Waals surface area (Å²) < 4.78 is 1.76. The largest absolute Gasteiger partial charge is 0.478 e. The van der Waals surface area contributed by atoms with E-state index in [0.717, 1.165) is 0 Å². The molecule has 8 heteroatoms. The van der Waals surface area contributed by atoms with Gasteiger partial charge in [0.1, 0.15) is 12.1 Å². The highest BCUT2D eigenvalue weighted by molar-refractivity contribution is 6.35. The number of halogens is 1. The molecule has 0 aromatic carbocycles. The van der Waals surface area contributed by atoms with Crippen molar-refractivity contribution in [3.8, 4) is 0 Å². The lowest BCUT2D eigenvalue weighted by molar-refractivity contribution is 0.0697. The predicted octanol–water partition coefficient (Wildman–Crippen LogP) is 1.73. The Morgan fingerprint density at radius 3 is 2.89 bits per heavy atom. The van der Waals surface area contributed by atoms with Crippen LogP contribution >= 0.6 is 11.6 Å². The summed E-state index contributed by atoms with van der Waals surface area (Å²) in [6, 6.07) is 1.14. The van der Waals surface area contributed by atoms with Crippen LogP contribution in [0.4, 0.5) is 5.82 Å². The number of rotatable bonds is 4. The molecule has 2 aromatic heterocycles. The maximum atomic E-state index is 11.0. The Morgan fingerprint density at radius 2 is 2.32 bits per heavy atom. The molecule has 7 nitrogen and oxygen atoms in total. The molecule has 2 N–H and O–H groups in total. The predicted molar refractivity (Wildman–Crippen MR) is 69.2 cm³/mol. The normalized spacial score (nSPS) is 12.2. The Hall–Kier alpha value is -2.15. The van der Waals surface area contributed by atoms with Crippen molar-refractivity contribution in [1.29, 1.82) is 0 Å². The maximum Gasteiger partial charge on any atom is 0.337 e. The molecule has 0 aliphatic rings. The van der Waals surface area contributed by atoms with E-state index in [1.165, 1.54) is 12.3 Å². The quantitative estimate of drug-likeness (QED) is 0.886. The molecule has 0 saturated carbocycles. The van der Waals surface area contributed by atoms with Crippen molar-refractivity contribution >= 4 is 23.4 Å². The number of nitrogens with zero attached hydrogens (tertiary/aromatic N) is 4. The monoisotopic (exact) mass is 281 g/mol. The van der Waals surface area contributed by atoms with E-state index in [4.69, 9.17) is 16.7 Å². The van der Waals surface area contributed by atoms with Gasteiger partial charge in [-0.15, -0.1) is 10.2 Å². The van der Waals surface area contributed by atoms with Crippen LogP contribution in [0.1, 0.15) is 29.1 Å². The lowest BCUT2D eigenvalue weighted by Gasteiger charge is -2.15. The van der Waals surface area contributed by atoms with Gasteiger partial charge in [-0.1, -0.05) is 11.6 Å². The summed E-state index contributed by atoms with van der Waals surface area (Å²) >= 11 is 6.00. The first kappa shape index (κ1) is 13.3. The van der Waals surface area contributed by atoms with Crippen molar-refractivity contribution in [3.63, 3.8) is 0 Å². The van der Waals surface area contributed by atoms with E-state index < -0.39 is 5.97 Å². The van der Waals surface area contributed by atoms with Gasteiger partial charge in [-0.3, -0.25) is 0 Å². The van der Waals surface area contributed by atoms with E-state index in [2.05, 4.69) is 20.5 Å². The van der Waals surface area contributed by atoms with Crippen molar-refractivity contribution < 1.29 is 9.90 Å². The van der Waals surface area contributed by atoms with Crippen molar-refractivity contribution in [3.05, 3.63) is 35.0 Å². The number of nitrogens with one attached hydrogen (secondary N) is 1. The molecule has 1 atom stereocenters. The van der Waals surface area contributed by atoms with E-state index in [1.807, 2.05) is 14.0 Å². The van der Waals surface area contributed by atoms with Crippen LogP contribution in [0.3, 0.4) is 0 Å². The van der Waals surface area contributed by atoms with E-state index in [1.54, 1.807) is 10.9 Å². The molecule has 2 rings (SSSR count). The zero-order valence-corrected chi connectivity index (χ0v) is 11.1. The van der Waals surface area contributed by atoms with Crippen LogP contribution in [0, 0.1) is 0 Å². The Morgan fingerprint density at radius 1 is 1.58 bits per heavy atom. The van der Waals surface area contributed by atoms with Crippen LogP contribution in [0.25, 0.3) is 0 Å². The highest BCUT2D eigenvalue weighted by Gasteiger charge is 2.17. The van der Waals surface area contributed by atoms with Gasteiger partial charge in [0, 0.05) is 13.2 Å². The smallest absolute Gasteiger partial charge is 0.337 e. The number of carbonyl (C=O) groups is 1. The van der Waals surface area contributed by atoms with Gasteiger partial charge in [-0.05, 0) is 13.0 Å². The van der Waals surface area contributed by atoms with Gasteiger partial charge in [0.2, 0.25) is 0 Å². The minimum Gasteiger partial charge on any atom is -0.478 e. The second kappa shape index (κ2) is 5.23. The number of carboxylic acids is 1. The van der Waals surface area contributed by atoms with Crippen LogP contribution in [0.5, 0.6) is 0 Å². The van der Waals surface area contributed by atoms with Gasteiger partial charge in [0.25, 0.3) is 0 Å². The number of pyridine rings is 1. The Bertz CT molecular complexity index is 613. The van der Waals surface area contributed by atoms with Crippen LogP contribution in [0.15, 0.2) is 18.6 Å². The van der Waals surface area contributed by atoms with Gasteiger partial charge in [-0.25, -0.2) is 9.78 Å². The highest BCUT2D eigenvalue weighted by atomic mass is 35.5. The second-order valence-electron chi connectivity index (χ2n) is 3.99. The molecule has 0 saturated heterocycles.